The molecule has 1 unspecified atom stereocenters. The van der Waals surface area contributed by atoms with Crippen LogP contribution in [0.1, 0.15) is 6.42 Å². The van der Waals surface area contributed by atoms with Gasteiger partial charge in [0.15, 0.2) is 0 Å². The van der Waals surface area contributed by atoms with Crippen molar-refractivity contribution in [1.82, 2.24) is 20.2 Å². The van der Waals surface area contributed by atoms with Gasteiger partial charge in [0.1, 0.15) is 6.33 Å². The van der Waals surface area contributed by atoms with Crippen molar-refractivity contribution in [3.8, 4) is 0 Å². The topological polar surface area (TPSA) is 68.8 Å². The van der Waals surface area contributed by atoms with Gasteiger partial charge >= 0.3 is 0 Å². The molecule has 0 bridgehead atoms. The number of nitrogen functional groups attached to an aromatic ring is 1. The fraction of sp³-hybridized carbons (Fsp3) is 0.667. The third kappa shape index (κ3) is 1.54. The Morgan fingerprint density at radius 1 is 1.75 bits per heavy atom. The molecular formula is C6H11N5S. The molecule has 3 N–H and O–H groups in total. The highest BCUT2D eigenvalue weighted by atomic mass is 32.2. The molecule has 0 saturated carbocycles. The number of aromatic nitrogens is 3. The molecule has 1 aliphatic heterocycles. The van der Waals surface area contributed by atoms with Crippen molar-refractivity contribution in [3.63, 3.8) is 0 Å². The normalized spacial score (nSPS) is 23.2. The lowest BCUT2D eigenvalue weighted by Gasteiger charge is -2.05. The summed E-state index contributed by atoms with van der Waals surface area (Å²) < 4.78 is 1.46. The van der Waals surface area contributed by atoms with Crippen LogP contribution in [0.4, 0.5) is 0 Å². The number of rotatable bonds is 2. The highest BCUT2D eigenvalue weighted by Gasteiger charge is 2.17. The number of hydrogen-bond donors (Lipinski definition) is 2. The summed E-state index contributed by atoms with van der Waals surface area (Å²) in [6.07, 6.45) is 2.70. The molecule has 1 aliphatic rings. The SMILES string of the molecule is Nn1cnnc1SC1CCNC1. The highest BCUT2D eigenvalue weighted by molar-refractivity contribution is 7.99. The van der Waals surface area contributed by atoms with Crippen LogP contribution >= 0.6 is 11.8 Å². The van der Waals surface area contributed by atoms with Crippen LogP contribution in [0, 0.1) is 0 Å². The van der Waals surface area contributed by atoms with Gasteiger partial charge in [0.2, 0.25) is 5.16 Å². The molecule has 6 heteroatoms. The molecule has 66 valence electrons. The van der Waals surface area contributed by atoms with E-state index >= 15 is 0 Å². The van der Waals surface area contributed by atoms with Crippen LogP contribution in [0.25, 0.3) is 0 Å². The molecule has 0 aliphatic carbocycles. The predicted octanol–water partition coefficient (Wildman–Crippen LogP) is -0.554. The molecule has 0 spiro atoms. The fourth-order valence-corrected chi connectivity index (χ4v) is 2.19. The quantitative estimate of drug-likeness (QED) is 0.605. The van der Waals surface area contributed by atoms with Crippen molar-refractivity contribution < 1.29 is 0 Å². The van der Waals surface area contributed by atoms with Gasteiger partial charge in [0.25, 0.3) is 0 Å². The van der Waals surface area contributed by atoms with E-state index < -0.39 is 0 Å². The molecule has 0 radical (unpaired) electrons. The second-order valence-corrected chi connectivity index (χ2v) is 4.02. The van der Waals surface area contributed by atoms with Crippen LogP contribution in [-0.2, 0) is 0 Å². The minimum absolute atomic E-state index is 0.594. The van der Waals surface area contributed by atoms with E-state index in [2.05, 4.69) is 15.5 Å². The summed E-state index contributed by atoms with van der Waals surface area (Å²) in [7, 11) is 0. The van der Waals surface area contributed by atoms with Crippen molar-refractivity contribution in [2.24, 2.45) is 0 Å². The van der Waals surface area contributed by atoms with Crippen molar-refractivity contribution in [3.05, 3.63) is 6.33 Å². The molecule has 2 rings (SSSR count). The number of nitrogens with two attached hydrogens (primary N) is 1. The molecule has 1 fully saturated rings. The maximum atomic E-state index is 5.57. The summed E-state index contributed by atoms with van der Waals surface area (Å²) in [6.45, 7) is 2.13. The third-order valence-corrected chi connectivity index (χ3v) is 3.07. The van der Waals surface area contributed by atoms with Crippen molar-refractivity contribution in [1.29, 1.82) is 0 Å². The first kappa shape index (κ1) is 7.88. The van der Waals surface area contributed by atoms with Crippen LogP contribution in [0.3, 0.4) is 0 Å². The largest absolute Gasteiger partial charge is 0.336 e. The van der Waals surface area contributed by atoms with E-state index in [9.17, 15) is 0 Å². The molecule has 0 amide bonds. The Kier molecular flexibility index (Phi) is 2.18. The minimum atomic E-state index is 0.594. The Morgan fingerprint density at radius 2 is 2.67 bits per heavy atom. The lowest BCUT2D eigenvalue weighted by atomic mass is 10.4. The van der Waals surface area contributed by atoms with Crippen LogP contribution in [0.15, 0.2) is 11.5 Å². The molecule has 0 aromatic carbocycles. The van der Waals surface area contributed by atoms with Gasteiger partial charge in [-0.1, -0.05) is 11.8 Å². The zero-order valence-corrected chi connectivity index (χ0v) is 7.42. The highest BCUT2D eigenvalue weighted by Crippen LogP contribution is 2.23. The molecule has 1 atom stereocenters. The van der Waals surface area contributed by atoms with Gasteiger partial charge in [-0.2, -0.15) is 0 Å². The third-order valence-electron chi connectivity index (χ3n) is 1.83. The summed E-state index contributed by atoms with van der Waals surface area (Å²) in [5.41, 5.74) is 0. The lowest BCUT2D eigenvalue weighted by Crippen LogP contribution is -2.13. The van der Waals surface area contributed by atoms with Crippen molar-refractivity contribution >= 4 is 11.8 Å². The summed E-state index contributed by atoms with van der Waals surface area (Å²) in [5.74, 6) is 5.57. The van der Waals surface area contributed by atoms with Gasteiger partial charge in [-0.3, -0.25) is 0 Å². The number of nitrogens with one attached hydrogen (secondary N) is 1. The number of thioether (sulfide) groups is 1. The summed E-state index contributed by atoms with van der Waals surface area (Å²) in [4.78, 5) is 0. The van der Waals surface area contributed by atoms with Crippen LogP contribution in [0.2, 0.25) is 0 Å². The maximum Gasteiger partial charge on any atom is 0.209 e. The number of nitrogens with zero attached hydrogens (tertiary/aromatic N) is 3. The van der Waals surface area contributed by atoms with E-state index in [-0.39, 0.29) is 0 Å². The Labute approximate surface area is 74.7 Å². The minimum Gasteiger partial charge on any atom is -0.336 e. The van der Waals surface area contributed by atoms with E-state index in [1.54, 1.807) is 11.8 Å². The first-order chi connectivity index (χ1) is 5.86. The zero-order valence-electron chi connectivity index (χ0n) is 6.60. The molecular weight excluding hydrogens is 174 g/mol. The van der Waals surface area contributed by atoms with E-state index in [1.807, 2.05) is 0 Å². The van der Waals surface area contributed by atoms with Gasteiger partial charge in [0.05, 0.1) is 0 Å². The summed E-state index contributed by atoms with van der Waals surface area (Å²) >= 11 is 1.69. The van der Waals surface area contributed by atoms with Crippen LogP contribution in [-0.4, -0.2) is 33.2 Å². The molecule has 5 nitrogen and oxygen atoms in total. The van der Waals surface area contributed by atoms with E-state index in [4.69, 9.17) is 5.84 Å². The lowest BCUT2D eigenvalue weighted by molar-refractivity contribution is 0.832. The molecule has 1 aromatic heterocycles. The first-order valence-corrected chi connectivity index (χ1v) is 4.76. The molecule has 2 heterocycles. The molecule has 1 saturated heterocycles. The Morgan fingerprint density at radius 3 is 3.25 bits per heavy atom. The van der Waals surface area contributed by atoms with Crippen molar-refractivity contribution in [2.75, 3.05) is 18.9 Å². The average molecular weight is 185 g/mol. The fourth-order valence-electron chi connectivity index (χ4n) is 1.19. The molecule has 12 heavy (non-hydrogen) atoms. The molecule has 1 aromatic rings. The van der Waals surface area contributed by atoms with Gasteiger partial charge in [-0.25, -0.2) is 4.68 Å². The Bertz CT molecular complexity index is 254. The standard InChI is InChI=1S/C6H11N5S/c7-11-4-9-10-6(11)12-5-1-2-8-3-5/h4-5,8H,1-3,7H2. The van der Waals surface area contributed by atoms with Crippen molar-refractivity contribution in [2.45, 2.75) is 16.8 Å². The Balaban J connectivity index is 1.98. The van der Waals surface area contributed by atoms with Gasteiger partial charge < -0.3 is 11.2 Å². The monoisotopic (exact) mass is 185 g/mol. The Hall–Kier alpha value is -0.750. The first-order valence-electron chi connectivity index (χ1n) is 3.89. The second kappa shape index (κ2) is 3.32. The van der Waals surface area contributed by atoms with Crippen LogP contribution < -0.4 is 11.2 Å². The smallest absolute Gasteiger partial charge is 0.209 e. The van der Waals surface area contributed by atoms with E-state index in [1.165, 1.54) is 17.4 Å². The van der Waals surface area contributed by atoms with Crippen LogP contribution in [0.5, 0.6) is 0 Å². The summed E-state index contributed by atoms with van der Waals surface area (Å²) in [5, 5.41) is 12.3. The van der Waals surface area contributed by atoms with Gasteiger partial charge in [-0.05, 0) is 13.0 Å². The zero-order chi connectivity index (χ0) is 8.39. The predicted molar refractivity (Wildman–Crippen MR) is 47.3 cm³/mol. The second-order valence-electron chi connectivity index (χ2n) is 2.75. The van der Waals surface area contributed by atoms with Gasteiger partial charge in [0, 0.05) is 11.8 Å². The van der Waals surface area contributed by atoms with Gasteiger partial charge in [-0.15, -0.1) is 10.2 Å². The van der Waals surface area contributed by atoms with E-state index in [0.29, 0.717) is 5.25 Å². The average Bonchev–Trinajstić information content (AvgIpc) is 2.65. The summed E-state index contributed by atoms with van der Waals surface area (Å²) in [6, 6.07) is 0. The maximum absolute atomic E-state index is 5.57. The number of hydrogen-bond acceptors (Lipinski definition) is 5. The van der Waals surface area contributed by atoms with E-state index in [0.717, 1.165) is 18.2 Å².